The Bertz CT molecular complexity index is 1270. The van der Waals surface area contributed by atoms with Crippen LogP contribution in [0.1, 0.15) is 18.1 Å². The number of nitrogens with two attached hydrogens (primary N) is 1. The minimum atomic E-state index is -0.412. The van der Waals surface area contributed by atoms with Crippen molar-refractivity contribution in [3.8, 4) is 17.2 Å². The lowest BCUT2D eigenvalue weighted by Crippen LogP contribution is -2.33. The number of nitriles is 1. The molecule has 1 aromatic heterocycles. The fourth-order valence-corrected chi connectivity index (χ4v) is 3.91. The number of thiazole rings is 1. The number of hydrogen-bond donors (Lipinski definition) is 3. The minimum Gasteiger partial charge on any atom is -0.404 e. The molecule has 3 aromatic rings. The van der Waals surface area contributed by atoms with Crippen molar-refractivity contribution in [2.45, 2.75) is 13.3 Å². The summed E-state index contributed by atoms with van der Waals surface area (Å²) >= 11 is 1.41. The molecule has 0 saturated heterocycles. The highest BCUT2D eigenvalue weighted by atomic mass is 32.1. The van der Waals surface area contributed by atoms with Crippen molar-refractivity contribution >= 4 is 27.6 Å². The van der Waals surface area contributed by atoms with Gasteiger partial charge in [0, 0.05) is 24.2 Å². The van der Waals surface area contributed by atoms with Crippen molar-refractivity contribution in [3.63, 3.8) is 0 Å². The molecule has 0 bridgehead atoms. The van der Waals surface area contributed by atoms with E-state index in [-0.39, 0.29) is 12.5 Å². The molecule has 0 aliphatic rings. The van der Waals surface area contributed by atoms with Gasteiger partial charge in [0.2, 0.25) is 0 Å². The second kappa shape index (κ2) is 10.4. The molecule has 2 amide bonds. The summed E-state index contributed by atoms with van der Waals surface area (Å²) in [6.07, 6.45) is 4.91. The van der Waals surface area contributed by atoms with Gasteiger partial charge < -0.3 is 16.4 Å². The first kappa shape index (κ1) is 22.7. The molecule has 8 heteroatoms. The van der Waals surface area contributed by atoms with Crippen LogP contribution < -0.4 is 16.4 Å². The Labute approximate surface area is 189 Å². The Morgan fingerprint density at radius 3 is 2.91 bits per heavy atom. The number of halogens is 1. The lowest BCUT2D eigenvalue weighted by Gasteiger charge is -2.11. The Balaban J connectivity index is 1.93. The monoisotopic (exact) mass is 447 g/mol. The van der Waals surface area contributed by atoms with Crippen molar-refractivity contribution in [2.24, 2.45) is 5.73 Å². The van der Waals surface area contributed by atoms with E-state index >= 15 is 4.39 Å². The summed E-state index contributed by atoms with van der Waals surface area (Å²) in [6, 6.07) is 10.3. The van der Waals surface area contributed by atoms with Gasteiger partial charge in [-0.05, 0) is 54.1 Å². The molecule has 0 atom stereocenters. The second-order valence-electron chi connectivity index (χ2n) is 6.88. The molecule has 0 radical (unpaired) electrons. The number of carbonyl (C=O) groups is 1. The first-order valence-electron chi connectivity index (χ1n) is 9.84. The van der Waals surface area contributed by atoms with Crippen LogP contribution in [0.25, 0.3) is 21.3 Å². The van der Waals surface area contributed by atoms with Crippen molar-refractivity contribution in [1.82, 2.24) is 15.6 Å². The summed E-state index contributed by atoms with van der Waals surface area (Å²) in [5, 5.41) is 14.4. The molecule has 0 unspecified atom stereocenters. The molecule has 162 valence electrons. The number of aromatic nitrogens is 1. The fourth-order valence-electron chi connectivity index (χ4n) is 3.16. The fraction of sp³-hybridized carbons (Fsp3) is 0.125. The molecule has 0 aliphatic heterocycles. The second-order valence-corrected chi connectivity index (χ2v) is 7.76. The van der Waals surface area contributed by atoms with Gasteiger partial charge in [-0.1, -0.05) is 24.8 Å². The minimum absolute atomic E-state index is 0.228. The van der Waals surface area contributed by atoms with Crippen LogP contribution in [-0.2, 0) is 6.42 Å². The van der Waals surface area contributed by atoms with E-state index < -0.39 is 5.82 Å². The molecular weight excluding hydrogens is 425 g/mol. The zero-order valence-corrected chi connectivity index (χ0v) is 18.3. The molecule has 0 aliphatic carbocycles. The first-order valence-corrected chi connectivity index (χ1v) is 10.7. The smallest absolute Gasteiger partial charge is 0.319 e. The summed E-state index contributed by atoms with van der Waals surface area (Å²) in [5.74, 6) is -0.412. The highest BCUT2D eigenvalue weighted by Gasteiger charge is 2.18. The van der Waals surface area contributed by atoms with E-state index in [0.29, 0.717) is 45.6 Å². The number of carbonyl (C=O) groups excluding carboxylic acids is 1. The van der Waals surface area contributed by atoms with Crippen LogP contribution in [0.5, 0.6) is 0 Å². The number of hydrogen-bond acceptors (Lipinski definition) is 5. The normalized spacial score (nSPS) is 11.5. The van der Waals surface area contributed by atoms with Gasteiger partial charge in [-0.2, -0.15) is 5.26 Å². The highest BCUT2D eigenvalue weighted by molar-refractivity contribution is 7.16. The zero-order chi connectivity index (χ0) is 23.1. The SMILES string of the molecule is C=C(/C=C\C(=C/N)Cc1cc2scnc2c(-c2cccc(C#N)c2)c1F)NC(=O)NCC. The quantitative estimate of drug-likeness (QED) is 0.455. The Morgan fingerprint density at radius 2 is 2.19 bits per heavy atom. The van der Waals surface area contributed by atoms with E-state index in [2.05, 4.69) is 28.3 Å². The Morgan fingerprint density at radius 1 is 1.38 bits per heavy atom. The number of urea groups is 1. The lowest BCUT2D eigenvalue weighted by molar-refractivity contribution is 0.244. The van der Waals surface area contributed by atoms with E-state index in [0.717, 1.165) is 4.70 Å². The van der Waals surface area contributed by atoms with E-state index in [4.69, 9.17) is 5.73 Å². The van der Waals surface area contributed by atoms with Gasteiger partial charge in [0.05, 0.1) is 27.4 Å². The number of nitrogens with zero attached hydrogens (tertiary/aromatic N) is 2. The van der Waals surface area contributed by atoms with Gasteiger partial charge >= 0.3 is 6.03 Å². The molecule has 0 spiro atoms. The predicted molar refractivity (Wildman–Crippen MR) is 126 cm³/mol. The standard InChI is InChI=1S/C24H22FN5OS/c1-3-28-24(31)30-15(2)7-8-17(13-27)10-19-11-20-23(29-14-32-20)21(22(19)25)18-6-4-5-16(9-18)12-26/h4-9,11,13-14H,2-3,10,27H2,1H3,(H2,28,30,31)/b8-7-,17-13+. The highest BCUT2D eigenvalue weighted by Crippen LogP contribution is 2.35. The van der Waals surface area contributed by atoms with Crippen molar-refractivity contribution < 1.29 is 9.18 Å². The third-order valence-electron chi connectivity index (χ3n) is 4.64. The van der Waals surface area contributed by atoms with Crippen LogP contribution >= 0.6 is 11.3 Å². The molecule has 0 saturated carbocycles. The molecule has 1 heterocycles. The van der Waals surface area contributed by atoms with Crippen molar-refractivity contribution in [3.05, 3.63) is 89.0 Å². The summed E-state index contributed by atoms with van der Waals surface area (Å²) in [4.78, 5) is 15.9. The molecule has 2 aromatic carbocycles. The van der Waals surface area contributed by atoms with Gasteiger partial charge in [0.25, 0.3) is 0 Å². The number of fused-ring (bicyclic) bond motifs is 1. The number of nitrogens with one attached hydrogen (secondary N) is 2. The van der Waals surface area contributed by atoms with Gasteiger partial charge in [-0.15, -0.1) is 11.3 Å². The Kier molecular flexibility index (Phi) is 7.37. The summed E-state index contributed by atoms with van der Waals surface area (Å²) in [6.45, 7) is 6.09. The Hall–Kier alpha value is -3.96. The average Bonchev–Trinajstić information content (AvgIpc) is 3.24. The first-order chi connectivity index (χ1) is 15.5. The number of benzene rings is 2. The average molecular weight is 448 g/mol. The summed E-state index contributed by atoms with van der Waals surface area (Å²) in [5.41, 5.74) is 10.9. The van der Waals surface area contributed by atoms with E-state index in [1.54, 1.807) is 48.0 Å². The third-order valence-corrected chi connectivity index (χ3v) is 5.41. The van der Waals surface area contributed by atoms with E-state index in [1.165, 1.54) is 17.5 Å². The topological polar surface area (TPSA) is 104 Å². The summed E-state index contributed by atoms with van der Waals surface area (Å²) in [7, 11) is 0. The largest absolute Gasteiger partial charge is 0.404 e. The number of allylic oxidation sites excluding steroid dienone is 3. The lowest BCUT2D eigenvalue weighted by atomic mass is 9.96. The van der Waals surface area contributed by atoms with Crippen molar-refractivity contribution in [1.29, 1.82) is 5.26 Å². The third kappa shape index (κ3) is 5.20. The van der Waals surface area contributed by atoms with E-state index in [9.17, 15) is 10.1 Å². The summed E-state index contributed by atoms with van der Waals surface area (Å²) < 4.78 is 16.5. The van der Waals surface area contributed by atoms with Crippen LogP contribution in [0.4, 0.5) is 9.18 Å². The number of rotatable bonds is 7. The van der Waals surface area contributed by atoms with Gasteiger partial charge in [0.1, 0.15) is 5.82 Å². The van der Waals surface area contributed by atoms with Crippen molar-refractivity contribution in [2.75, 3.05) is 6.54 Å². The van der Waals surface area contributed by atoms with Gasteiger partial charge in [-0.3, -0.25) is 0 Å². The maximum atomic E-state index is 15.7. The van der Waals surface area contributed by atoms with Gasteiger partial charge in [-0.25, -0.2) is 14.2 Å². The van der Waals surface area contributed by atoms with Crippen LogP contribution in [0.3, 0.4) is 0 Å². The number of amides is 2. The van der Waals surface area contributed by atoms with Crippen LogP contribution in [0.2, 0.25) is 0 Å². The maximum absolute atomic E-state index is 15.7. The van der Waals surface area contributed by atoms with E-state index in [1.807, 2.05) is 6.92 Å². The zero-order valence-electron chi connectivity index (χ0n) is 17.5. The molecule has 0 fully saturated rings. The molecule has 6 nitrogen and oxygen atoms in total. The molecule has 4 N–H and O–H groups in total. The van der Waals surface area contributed by atoms with Gasteiger partial charge in [0.15, 0.2) is 0 Å². The maximum Gasteiger partial charge on any atom is 0.319 e. The molecule has 3 rings (SSSR count). The predicted octanol–water partition coefficient (Wildman–Crippen LogP) is 4.75. The molecule has 32 heavy (non-hydrogen) atoms. The van der Waals surface area contributed by atoms with Crippen LogP contribution in [-0.4, -0.2) is 17.6 Å². The van der Waals surface area contributed by atoms with Crippen LogP contribution in [0, 0.1) is 17.1 Å². The molecular formula is C24H22FN5OS. The van der Waals surface area contributed by atoms with Crippen LogP contribution in [0.15, 0.2) is 72.0 Å².